The lowest BCUT2D eigenvalue weighted by Crippen LogP contribution is -2.24. The number of hydrogen-bond donors (Lipinski definition) is 1. The molecule has 3 rings (SSSR count). The van der Waals surface area contributed by atoms with E-state index in [2.05, 4.69) is 29.0 Å². The number of benzene rings is 2. The Balaban J connectivity index is 1.37. The van der Waals surface area contributed by atoms with Crippen molar-refractivity contribution in [2.45, 2.75) is 49.8 Å². The Kier molecular flexibility index (Phi) is 7.21. The summed E-state index contributed by atoms with van der Waals surface area (Å²) in [5.74, 6) is 0.755. The third-order valence-corrected chi connectivity index (χ3v) is 7.05. The van der Waals surface area contributed by atoms with E-state index in [1.54, 1.807) is 0 Å². The van der Waals surface area contributed by atoms with Crippen LogP contribution in [0.1, 0.15) is 43.2 Å². The van der Waals surface area contributed by atoms with Gasteiger partial charge >= 0.3 is 0 Å². The minimum atomic E-state index is -3.57. The molecule has 27 heavy (non-hydrogen) atoms. The standard InChI is InChI=1S/C21H25Cl2NO2S/c22-19-13-20(23)15-21(14-19)27(25,26)24-11-5-1-2-6-16-9-10-17-7-3-4-8-18(17)12-16/h3-4,7-8,13-16,24H,1-2,5-6,9-12H2. The molecule has 0 radical (unpaired) electrons. The van der Waals surface area contributed by atoms with Gasteiger partial charge in [-0.05, 0) is 60.9 Å². The molecule has 1 unspecified atom stereocenters. The highest BCUT2D eigenvalue weighted by Gasteiger charge is 2.18. The van der Waals surface area contributed by atoms with Gasteiger partial charge in [-0.25, -0.2) is 13.1 Å². The van der Waals surface area contributed by atoms with Crippen LogP contribution in [0.2, 0.25) is 10.0 Å². The van der Waals surface area contributed by atoms with Crippen LogP contribution in [0, 0.1) is 5.92 Å². The zero-order chi connectivity index (χ0) is 19.3. The maximum absolute atomic E-state index is 12.3. The molecule has 0 saturated heterocycles. The molecule has 6 heteroatoms. The van der Waals surface area contributed by atoms with Crippen molar-refractivity contribution in [1.29, 1.82) is 0 Å². The van der Waals surface area contributed by atoms with Crippen molar-refractivity contribution in [1.82, 2.24) is 4.72 Å². The fraction of sp³-hybridized carbons (Fsp3) is 0.429. The number of hydrogen-bond acceptors (Lipinski definition) is 2. The van der Waals surface area contributed by atoms with Crippen LogP contribution in [-0.4, -0.2) is 15.0 Å². The second-order valence-corrected chi connectivity index (χ2v) is 9.87. The second-order valence-electron chi connectivity index (χ2n) is 7.23. The van der Waals surface area contributed by atoms with Crippen molar-refractivity contribution in [2.75, 3.05) is 6.54 Å². The highest BCUT2D eigenvalue weighted by Crippen LogP contribution is 2.28. The number of halogens is 2. The summed E-state index contributed by atoms with van der Waals surface area (Å²) in [4.78, 5) is 0.112. The normalized spacial score (nSPS) is 16.9. The Morgan fingerprint density at radius 1 is 0.963 bits per heavy atom. The van der Waals surface area contributed by atoms with E-state index in [-0.39, 0.29) is 4.90 Å². The van der Waals surface area contributed by atoms with E-state index in [4.69, 9.17) is 23.2 Å². The van der Waals surface area contributed by atoms with Crippen LogP contribution in [-0.2, 0) is 22.9 Å². The Morgan fingerprint density at radius 2 is 1.67 bits per heavy atom. The summed E-state index contributed by atoms with van der Waals surface area (Å²) >= 11 is 11.8. The minimum Gasteiger partial charge on any atom is -0.211 e. The predicted molar refractivity (Wildman–Crippen MR) is 112 cm³/mol. The molecular weight excluding hydrogens is 401 g/mol. The van der Waals surface area contributed by atoms with Gasteiger partial charge in [-0.3, -0.25) is 0 Å². The Morgan fingerprint density at radius 3 is 2.41 bits per heavy atom. The molecule has 0 saturated carbocycles. The van der Waals surface area contributed by atoms with Gasteiger partial charge in [0.05, 0.1) is 4.90 Å². The van der Waals surface area contributed by atoms with E-state index < -0.39 is 10.0 Å². The average Bonchev–Trinajstić information content (AvgIpc) is 2.63. The molecule has 0 fully saturated rings. The van der Waals surface area contributed by atoms with Crippen LogP contribution >= 0.6 is 23.2 Å². The van der Waals surface area contributed by atoms with Crippen molar-refractivity contribution < 1.29 is 8.42 Å². The van der Waals surface area contributed by atoms with Gasteiger partial charge in [-0.1, -0.05) is 66.7 Å². The second kappa shape index (κ2) is 9.42. The Bertz CT molecular complexity index is 863. The molecule has 0 amide bonds. The topological polar surface area (TPSA) is 46.2 Å². The highest BCUT2D eigenvalue weighted by molar-refractivity contribution is 7.89. The van der Waals surface area contributed by atoms with Gasteiger partial charge in [0.15, 0.2) is 0 Å². The lowest BCUT2D eigenvalue weighted by atomic mass is 9.81. The van der Waals surface area contributed by atoms with Gasteiger partial charge in [0.1, 0.15) is 0 Å². The molecule has 0 aromatic heterocycles. The van der Waals surface area contributed by atoms with E-state index in [1.807, 2.05) is 0 Å². The number of fused-ring (bicyclic) bond motifs is 1. The van der Waals surface area contributed by atoms with E-state index in [9.17, 15) is 8.42 Å². The molecule has 0 aliphatic heterocycles. The van der Waals surface area contributed by atoms with Gasteiger partial charge < -0.3 is 0 Å². The lowest BCUT2D eigenvalue weighted by molar-refractivity contribution is 0.406. The summed E-state index contributed by atoms with van der Waals surface area (Å²) in [6, 6.07) is 13.1. The highest BCUT2D eigenvalue weighted by atomic mass is 35.5. The lowest BCUT2D eigenvalue weighted by Gasteiger charge is -2.24. The van der Waals surface area contributed by atoms with E-state index in [1.165, 1.54) is 55.0 Å². The molecule has 2 aromatic carbocycles. The van der Waals surface area contributed by atoms with Gasteiger partial charge in [0, 0.05) is 16.6 Å². The fourth-order valence-corrected chi connectivity index (χ4v) is 5.53. The van der Waals surface area contributed by atoms with Crippen molar-refractivity contribution in [3.05, 3.63) is 63.6 Å². The van der Waals surface area contributed by atoms with Crippen LogP contribution in [0.3, 0.4) is 0 Å². The van der Waals surface area contributed by atoms with Crippen LogP contribution in [0.15, 0.2) is 47.4 Å². The van der Waals surface area contributed by atoms with Gasteiger partial charge in [-0.15, -0.1) is 0 Å². The molecule has 1 atom stereocenters. The van der Waals surface area contributed by atoms with Crippen molar-refractivity contribution in [3.63, 3.8) is 0 Å². The van der Waals surface area contributed by atoms with Gasteiger partial charge in [0.2, 0.25) is 10.0 Å². The van der Waals surface area contributed by atoms with E-state index >= 15 is 0 Å². The number of rotatable bonds is 8. The summed E-state index contributed by atoms with van der Waals surface area (Å²) < 4.78 is 27.2. The van der Waals surface area contributed by atoms with Crippen molar-refractivity contribution in [3.8, 4) is 0 Å². The summed E-state index contributed by atoms with van der Waals surface area (Å²) in [5.41, 5.74) is 3.01. The Hall–Kier alpha value is -1.07. The number of unbranched alkanes of at least 4 members (excludes halogenated alkanes) is 2. The zero-order valence-electron chi connectivity index (χ0n) is 15.3. The fourth-order valence-electron chi connectivity index (χ4n) is 3.73. The van der Waals surface area contributed by atoms with Crippen molar-refractivity contribution >= 4 is 33.2 Å². The van der Waals surface area contributed by atoms with Crippen LogP contribution < -0.4 is 4.72 Å². The molecule has 0 spiro atoms. The summed E-state index contributed by atoms with van der Waals surface area (Å²) in [6.07, 6.45) is 7.83. The first-order valence-electron chi connectivity index (χ1n) is 9.46. The minimum absolute atomic E-state index is 0.112. The first-order chi connectivity index (χ1) is 12.9. The van der Waals surface area contributed by atoms with Gasteiger partial charge in [0.25, 0.3) is 0 Å². The molecule has 1 aliphatic rings. The van der Waals surface area contributed by atoms with Crippen LogP contribution in [0.25, 0.3) is 0 Å². The molecule has 146 valence electrons. The SMILES string of the molecule is O=S(=O)(NCCCCCC1CCc2ccccc2C1)c1cc(Cl)cc(Cl)c1. The summed E-state index contributed by atoms with van der Waals surface area (Å²) in [7, 11) is -3.57. The number of nitrogens with one attached hydrogen (secondary N) is 1. The zero-order valence-corrected chi connectivity index (χ0v) is 17.6. The molecule has 1 N–H and O–H groups in total. The molecule has 3 nitrogen and oxygen atoms in total. The first kappa shape index (κ1) is 20.7. The molecule has 2 aromatic rings. The maximum Gasteiger partial charge on any atom is 0.240 e. The summed E-state index contributed by atoms with van der Waals surface area (Å²) in [6.45, 7) is 0.431. The van der Waals surface area contributed by atoms with E-state index in [0.29, 0.717) is 16.6 Å². The quantitative estimate of drug-likeness (QED) is 0.556. The number of aryl methyl sites for hydroxylation is 1. The van der Waals surface area contributed by atoms with Crippen molar-refractivity contribution in [2.24, 2.45) is 5.92 Å². The van der Waals surface area contributed by atoms with Crippen LogP contribution in [0.4, 0.5) is 0 Å². The molecule has 0 heterocycles. The predicted octanol–water partition coefficient (Wildman–Crippen LogP) is 5.64. The van der Waals surface area contributed by atoms with Gasteiger partial charge in [-0.2, -0.15) is 0 Å². The van der Waals surface area contributed by atoms with E-state index in [0.717, 1.165) is 25.2 Å². The third kappa shape index (κ3) is 5.95. The van der Waals surface area contributed by atoms with Crippen LogP contribution in [0.5, 0.6) is 0 Å². The molecular formula is C21H25Cl2NO2S. The first-order valence-corrected chi connectivity index (χ1v) is 11.7. The number of sulfonamides is 1. The summed E-state index contributed by atoms with van der Waals surface area (Å²) in [5, 5.41) is 0.633. The Labute approximate surface area is 172 Å². The third-order valence-electron chi connectivity index (χ3n) is 5.18. The maximum atomic E-state index is 12.3. The average molecular weight is 426 g/mol. The monoisotopic (exact) mass is 425 g/mol. The molecule has 0 bridgehead atoms. The smallest absolute Gasteiger partial charge is 0.211 e. The largest absolute Gasteiger partial charge is 0.240 e. The molecule has 1 aliphatic carbocycles.